The van der Waals surface area contributed by atoms with Gasteiger partial charge in [0.15, 0.2) is 0 Å². The van der Waals surface area contributed by atoms with Gasteiger partial charge in [-0.05, 0) is 125 Å². The number of carbonyl (C=O) groups excluding carboxylic acids is 2. The predicted molar refractivity (Wildman–Crippen MR) is 357 cm³/mol. The lowest BCUT2D eigenvalue weighted by Crippen LogP contribution is -2.41. The minimum Gasteiger partial charge on any atom is -0.489 e. The van der Waals surface area contributed by atoms with Crippen molar-refractivity contribution in [1.82, 2.24) is 0 Å². The summed E-state index contributed by atoms with van der Waals surface area (Å²) in [5.41, 5.74) is 13.5. The van der Waals surface area contributed by atoms with Gasteiger partial charge in [0.2, 0.25) is 0 Å². The highest BCUT2D eigenvalue weighted by Crippen LogP contribution is 2.36. The number of fused-ring (bicyclic) bond motifs is 2. The summed E-state index contributed by atoms with van der Waals surface area (Å²) in [6, 6.07) is 75.0. The highest BCUT2D eigenvalue weighted by atomic mass is 16.6. The van der Waals surface area contributed by atoms with Crippen LogP contribution in [0.25, 0.3) is 0 Å². The smallest absolute Gasteiger partial charge is 0.338 e. The van der Waals surface area contributed by atoms with E-state index in [-0.39, 0.29) is 16.7 Å². The number of hydrogen-bond acceptors (Lipinski definition) is 12. The van der Waals surface area contributed by atoms with E-state index in [0.29, 0.717) is 87.5 Å². The molecule has 0 bridgehead atoms. The number of carboxylic acid groups (broad SMARTS) is 1. The molecule has 0 spiro atoms. The molecule has 10 aromatic rings. The lowest BCUT2D eigenvalue weighted by molar-refractivity contribution is -0.0390. The maximum atomic E-state index is 14.3. The zero-order valence-corrected chi connectivity index (χ0v) is 52.6. The first-order valence-corrected chi connectivity index (χ1v) is 31.1. The average Bonchev–Trinajstić information content (AvgIpc) is 1.66. The Morgan fingerprint density at radius 3 is 0.860 bits per heavy atom. The standard InChI is InChI=1S/C54H48O8.C16H16O3.C10H12O2/c1-37-47(57-33-39-17-7-3-8-18-39)29-45(30-48(37)58-34-40-19-9-4-10-20-40)53(55)61-51-27-43-25-15-16-26-44(43)28-52(51)62-54(56)46-31-49(59-35-41-21-11-5-12-22-41)38(2)50(32-46)60-36-42-23-13-6-14-24-42;1-11-8-14(16(17)18)9-15(12(11)2)19-10-13-6-4-3-5-7-13;11-9-5-7-3-1-2-4-8(7)6-10(9)12/h3-26,29-32,51-52H,27-28,33-36H2,1-2H3;3-9H,10H2,1-2H3,(H,17,18);1-4,9-12H,5-6H2/t51-,52+;;9-,10+. The molecule has 0 aliphatic heterocycles. The Kier molecular flexibility index (Phi) is 22.5. The second kappa shape index (κ2) is 32.0. The fourth-order valence-corrected chi connectivity index (χ4v) is 10.9. The molecule has 93 heavy (non-hydrogen) atoms. The summed E-state index contributed by atoms with van der Waals surface area (Å²) in [5, 5.41) is 27.8. The third-order valence-electron chi connectivity index (χ3n) is 16.5. The molecule has 13 nitrogen and oxygen atoms in total. The van der Waals surface area contributed by atoms with Crippen molar-refractivity contribution in [1.29, 1.82) is 0 Å². The molecule has 0 saturated heterocycles. The van der Waals surface area contributed by atoms with E-state index < -0.39 is 42.3 Å². The van der Waals surface area contributed by atoms with Crippen molar-refractivity contribution < 1.29 is 62.9 Å². The summed E-state index contributed by atoms with van der Waals surface area (Å²) in [7, 11) is 0. The fourth-order valence-electron chi connectivity index (χ4n) is 10.9. The van der Waals surface area contributed by atoms with Crippen molar-refractivity contribution in [3.63, 3.8) is 0 Å². The molecular formula is C80H76O13. The molecule has 10 aromatic carbocycles. The van der Waals surface area contributed by atoms with Crippen LogP contribution in [-0.4, -0.2) is 57.6 Å². The first-order valence-electron chi connectivity index (χ1n) is 31.1. The molecule has 0 aromatic heterocycles. The monoisotopic (exact) mass is 1240 g/mol. The zero-order chi connectivity index (χ0) is 65.1. The summed E-state index contributed by atoms with van der Waals surface area (Å²) < 4.78 is 43.6. The van der Waals surface area contributed by atoms with Crippen molar-refractivity contribution in [3.05, 3.63) is 326 Å². The van der Waals surface area contributed by atoms with Crippen LogP contribution in [0.2, 0.25) is 0 Å². The van der Waals surface area contributed by atoms with Crippen LogP contribution in [0.4, 0.5) is 0 Å². The van der Waals surface area contributed by atoms with E-state index in [1.807, 2.05) is 228 Å². The van der Waals surface area contributed by atoms with E-state index >= 15 is 0 Å². The van der Waals surface area contributed by atoms with E-state index in [1.165, 1.54) is 0 Å². The van der Waals surface area contributed by atoms with Gasteiger partial charge < -0.3 is 48.5 Å². The maximum Gasteiger partial charge on any atom is 0.338 e. The Morgan fingerprint density at radius 1 is 0.333 bits per heavy atom. The topological polar surface area (TPSA) is 177 Å². The van der Waals surface area contributed by atoms with Gasteiger partial charge in [0.25, 0.3) is 0 Å². The number of hydrogen-bond donors (Lipinski definition) is 3. The number of esters is 2. The molecule has 0 radical (unpaired) electrons. The SMILES string of the molecule is Cc1c(OCc2ccccc2)cc(C(=O)O[C@H]2Cc3ccccc3C[C@H]2OC(=O)c2cc(OCc3ccccc3)c(C)c(OCc3ccccc3)c2)cc1OCc1ccccc1.Cc1cc(C(=O)O)cc(OCc2ccccc2)c1C.O[C@@H]1Cc2ccccc2C[C@@H]1O. The van der Waals surface area contributed by atoms with E-state index in [9.17, 15) is 24.6 Å². The number of benzene rings is 10. The molecule has 4 atom stereocenters. The number of rotatable bonds is 20. The number of aliphatic hydroxyl groups excluding tert-OH is 2. The Balaban J connectivity index is 0.000000246. The lowest BCUT2D eigenvalue weighted by atomic mass is 9.87. The molecule has 0 heterocycles. The Bertz CT molecular complexity index is 3760. The molecular weight excluding hydrogens is 1170 g/mol. The minimum atomic E-state index is -0.937. The Hall–Kier alpha value is -10.5. The van der Waals surface area contributed by atoms with Gasteiger partial charge in [0.1, 0.15) is 74.0 Å². The number of ether oxygens (including phenoxy) is 7. The zero-order valence-electron chi connectivity index (χ0n) is 52.6. The van der Waals surface area contributed by atoms with E-state index in [2.05, 4.69) is 0 Å². The third kappa shape index (κ3) is 18.2. The molecule has 474 valence electrons. The lowest BCUT2D eigenvalue weighted by Gasteiger charge is -2.32. The van der Waals surface area contributed by atoms with Gasteiger partial charge in [-0.2, -0.15) is 0 Å². The number of carbonyl (C=O) groups is 3. The highest BCUT2D eigenvalue weighted by molar-refractivity contribution is 5.92. The normalized spacial score (nSPS) is 15.2. The van der Waals surface area contributed by atoms with Crippen LogP contribution in [-0.2, 0) is 68.2 Å². The second-order valence-electron chi connectivity index (χ2n) is 23.2. The van der Waals surface area contributed by atoms with Gasteiger partial charge in [-0.1, -0.05) is 200 Å². The first kappa shape index (κ1) is 65.5. The van der Waals surface area contributed by atoms with Crippen molar-refractivity contribution in [2.45, 2.75) is 111 Å². The minimum absolute atomic E-state index is 0.254. The largest absolute Gasteiger partial charge is 0.489 e. The van der Waals surface area contributed by atoms with E-state index in [4.69, 9.17) is 38.3 Å². The highest BCUT2D eigenvalue weighted by Gasteiger charge is 2.36. The molecule has 0 amide bonds. The number of aliphatic hydroxyl groups is 2. The predicted octanol–water partition coefficient (Wildman–Crippen LogP) is 15.3. The average molecular weight is 1250 g/mol. The van der Waals surface area contributed by atoms with Crippen molar-refractivity contribution >= 4 is 17.9 Å². The summed E-state index contributed by atoms with van der Waals surface area (Å²) in [5.74, 6) is 0.503. The summed E-state index contributed by atoms with van der Waals surface area (Å²) >= 11 is 0. The van der Waals surface area contributed by atoms with Gasteiger partial charge in [-0.15, -0.1) is 0 Å². The maximum absolute atomic E-state index is 14.3. The molecule has 2 aliphatic rings. The number of aromatic carboxylic acids is 1. The molecule has 12 rings (SSSR count). The quantitative estimate of drug-likeness (QED) is 0.0615. The van der Waals surface area contributed by atoms with Crippen LogP contribution in [0.3, 0.4) is 0 Å². The van der Waals surface area contributed by atoms with Crippen molar-refractivity contribution in [2.24, 2.45) is 0 Å². The van der Waals surface area contributed by atoms with Crippen LogP contribution in [0.15, 0.2) is 237 Å². The van der Waals surface area contributed by atoms with Crippen molar-refractivity contribution in [2.75, 3.05) is 0 Å². The van der Waals surface area contributed by atoms with Crippen LogP contribution in [0, 0.1) is 27.7 Å². The Morgan fingerprint density at radius 2 is 0.581 bits per heavy atom. The second-order valence-corrected chi connectivity index (χ2v) is 23.2. The Labute approximate surface area is 543 Å². The summed E-state index contributed by atoms with van der Waals surface area (Å²) in [6.07, 6.45) is -0.888. The van der Waals surface area contributed by atoms with Crippen LogP contribution in [0.1, 0.15) is 103 Å². The molecule has 2 aliphatic carbocycles. The fraction of sp³-hybridized carbons (Fsp3) is 0.212. The first-order chi connectivity index (χ1) is 45.2. The van der Waals surface area contributed by atoms with Crippen LogP contribution in [0.5, 0.6) is 28.7 Å². The van der Waals surface area contributed by atoms with Gasteiger partial charge in [-0.25, -0.2) is 14.4 Å². The third-order valence-corrected chi connectivity index (χ3v) is 16.5. The molecule has 0 saturated carbocycles. The van der Waals surface area contributed by atoms with Gasteiger partial charge in [0.05, 0.1) is 28.9 Å². The summed E-state index contributed by atoms with van der Waals surface area (Å²) in [4.78, 5) is 39.6. The van der Waals surface area contributed by atoms with Gasteiger partial charge >= 0.3 is 17.9 Å². The van der Waals surface area contributed by atoms with E-state index in [1.54, 1.807) is 36.4 Å². The summed E-state index contributed by atoms with van der Waals surface area (Å²) in [6.45, 7) is 9.26. The number of aryl methyl sites for hydroxylation is 1. The van der Waals surface area contributed by atoms with Crippen LogP contribution < -0.4 is 23.7 Å². The van der Waals surface area contributed by atoms with Gasteiger partial charge in [0, 0.05) is 36.8 Å². The number of carboxylic acids is 1. The molecule has 0 fully saturated rings. The van der Waals surface area contributed by atoms with Gasteiger partial charge in [-0.3, -0.25) is 0 Å². The van der Waals surface area contributed by atoms with Crippen LogP contribution >= 0.6 is 0 Å². The van der Waals surface area contributed by atoms with Crippen molar-refractivity contribution in [3.8, 4) is 28.7 Å². The molecule has 3 N–H and O–H groups in total. The molecule has 13 heteroatoms. The molecule has 0 unspecified atom stereocenters. The van der Waals surface area contributed by atoms with E-state index in [0.717, 1.165) is 72.3 Å².